The zero-order chi connectivity index (χ0) is 16.2. The van der Waals surface area contributed by atoms with Gasteiger partial charge in [-0.1, -0.05) is 6.07 Å². The summed E-state index contributed by atoms with van der Waals surface area (Å²) in [4.78, 5) is 26.5. The van der Waals surface area contributed by atoms with Crippen LogP contribution in [0.3, 0.4) is 0 Å². The molecule has 0 aliphatic heterocycles. The molecule has 0 spiro atoms. The summed E-state index contributed by atoms with van der Waals surface area (Å²) in [5.41, 5.74) is 7.40. The van der Waals surface area contributed by atoms with E-state index in [1.165, 1.54) is 11.3 Å². The third-order valence-corrected chi connectivity index (χ3v) is 4.14. The van der Waals surface area contributed by atoms with Crippen LogP contribution in [0.5, 0.6) is 0 Å². The first-order chi connectivity index (χ1) is 11.2. The fraction of sp³-hybridized carbons (Fsp3) is 0.125. The zero-order valence-electron chi connectivity index (χ0n) is 12.5. The maximum Gasteiger partial charge on any atom is 0.248 e. The summed E-state index contributed by atoms with van der Waals surface area (Å²) in [6, 6.07) is 8.99. The second-order valence-corrected chi connectivity index (χ2v) is 5.58. The Morgan fingerprint density at radius 3 is 2.78 bits per heavy atom. The number of carbonyl (C=O) groups excluding carboxylic acids is 1. The Morgan fingerprint density at radius 2 is 2.09 bits per heavy atom. The number of rotatable bonds is 5. The minimum Gasteiger partial charge on any atom is -0.366 e. The van der Waals surface area contributed by atoms with Crippen molar-refractivity contribution in [3.63, 3.8) is 0 Å². The smallest absolute Gasteiger partial charge is 0.248 e. The van der Waals surface area contributed by atoms with Gasteiger partial charge >= 0.3 is 0 Å². The lowest BCUT2D eigenvalue weighted by Gasteiger charge is -2.18. The number of aromatic nitrogens is 3. The van der Waals surface area contributed by atoms with E-state index < -0.39 is 5.91 Å². The van der Waals surface area contributed by atoms with Gasteiger partial charge in [-0.25, -0.2) is 9.97 Å². The predicted octanol–water partition coefficient (Wildman–Crippen LogP) is 2.86. The molecule has 0 aliphatic rings. The van der Waals surface area contributed by atoms with E-state index in [2.05, 4.69) is 15.0 Å². The van der Waals surface area contributed by atoms with Crippen LogP contribution in [-0.2, 0) is 0 Å². The van der Waals surface area contributed by atoms with E-state index in [1.807, 2.05) is 35.4 Å². The average Bonchev–Trinajstić information content (AvgIpc) is 3.06. The monoisotopic (exact) mass is 325 g/mol. The lowest BCUT2D eigenvalue weighted by atomic mass is 10.2. The van der Waals surface area contributed by atoms with Crippen LogP contribution in [0.25, 0.3) is 11.4 Å². The largest absolute Gasteiger partial charge is 0.366 e. The average molecular weight is 325 g/mol. The van der Waals surface area contributed by atoms with Gasteiger partial charge in [0.25, 0.3) is 0 Å². The molecule has 1 amide bonds. The predicted molar refractivity (Wildman–Crippen MR) is 90.8 cm³/mol. The summed E-state index contributed by atoms with van der Waals surface area (Å²) in [6.45, 7) is 2.67. The first kappa shape index (κ1) is 15.1. The van der Waals surface area contributed by atoms with E-state index in [9.17, 15) is 4.79 Å². The van der Waals surface area contributed by atoms with Crippen LogP contribution in [0, 0.1) is 0 Å². The molecule has 0 saturated carbocycles. The summed E-state index contributed by atoms with van der Waals surface area (Å²) in [7, 11) is 0. The number of carbonyl (C=O) groups is 1. The standard InChI is InChI=1S/C16H15N5OS/c1-2-21(14-9-11(15(17)22)6-8-19-14)16-20-13(10-23-16)12-5-3-4-7-18-12/h3-10H,2H2,1H3,(H2,17,22). The van der Waals surface area contributed by atoms with Crippen molar-refractivity contribution >= 4 is 28.2 Å². The molecule has 2 N–H and O–H groups in total. The fourth-order valence-electron chi connectivity index (χ4n) is 2.13. The van der Waals surface area contributed by atoms with Gasteiger partial charge in [0.15, 0.2) is 5.13 Å². The zero-order valence-corrected chi connectivity index (χ0v) is 13.3. The van der Waals surface area contributed by atoms with E-state index in [1.54, 1.807) is 24.5 Å². The van der Waals surface area contributed by atoms with Gasteiger partial charge in [0.05, 0.1) is 5.69 Å². The van der Waals surface area contributed by atoms with E-state index >= 15 is 0 Å². The molecule has 116 valence electrons. The Hall–Kier alpha value is -2.80. The highest BCUT2D eigenvalue weighted by molar-refractivity contribution is 7.14. The first-order valence-corrected chi connectivity index (χ1v) is 7.97. The van der Waals surface area contributed by atoms with Gasteiger partial charge in [-0.05, 0) is 31.2 Å². The number of thiazole rings is 1. The number of pyridine rings is 2. The molecular formula is C16H15N5OS. The van der Waals surface area contributed by atoms with Crippen molar-refractivity contribution in [1.29, 1.82) is 0 Å². The van der Waals surface area contributed by atoms with Gasteiger partial charge in [0.1, 0.15) is 11.5 Å². The van der Waals surface area contributed by atoms with Gasteiger partial charge in [0.2, 0.25) is 5.91 Å². The maximum atomic E-state index is 11.3. The first-order valence-electron chi connectivity index (χ1n) is 7.09. The Morgan fingerprint density at radius 1 is 1.22 bits per heavy atom. The Kier molecular flexibility index (Phi) is 4.29. The number of primary amides is 1. The summed E-state index contributed by atoms with van der Waals surface area (Å²) < 4.78 is 0. The van der Waals surface area contributed by atoms with E-state index in [-0.39, 0.29) is 0 Å². The summed E-state index contributed by atoms with van der Waals surface area (Å²) in [5, 5.41) is 2.75. The van der Waals surface area contributed by atoms with Crippen LogP contribution in [-0.4, -0.2) is 27.4 Å². The van der Waals surface area contributed by atoms with Crippen LogP contribution >= 0.6 is 11.3 Å². The highest BCUT2D eigenvalue weighted by Gasteiger charge is 2.15. The molecule has 6 nitrogen and oxygen atoms in total. The van der Waals surface area contributed by atoms with Crippen molar-refractivity contribution in [2.75, 3.05) is 11.4 Å². The molecule has 0 radical (unpaired) electrons. The minimum absolute atomic E-state index is 0.426. The van der Waals surface area contributed by atoms with Gasteiger partial charge in [0, 0.05) is 29.9 Å². The number of amides is 1. The molecule has 0 saturated heterocycles. The molecule has 0 unspecified atom stereocenters. The molecule has 0 aromatic carbocycles. The van der Waals surface area contributed by atoms with E-state index in [4.69, 9.17) is 5.73 Å². The molecule has 23 heavy (non-hydrogen) atoms. The second kappa shape index (κ2) is 6.53. The summed E-state index contributed by atoms with van der Waals surface area (Å²) in [5.74, 6) is 0.170. The topological polar surface area (TPSA) is 85.0 Å². The van der Waals surface area contributed by atoms with Crippen molar-refractivity contribution in [1.82, 2.24) is 15.0 Å². The normalized spacial score (nSPS) is 10.5. The van der Waals surface area contributed by atoms with Crippen molar-refractivity contribution in [2.45, 2.75) is 6.92 Å². The molecule has 7 heteroatoms. The molecule has 0 bridgehead atoms. The van der Waals surface area contributed by atoms with Gasteiger partial charge < -0.3 is 10.6 Å². The third-order valence-electron chi connectivity index (χ3n) is 3.27. The van der Waals surface area contributed by atoms with Crippen molar-refractivity contribution in [3.05, 3.63) is 53.7 Å². The lowest BCUT2D eigenvalue weighted by molar-refractivity contribution is 0.1000. The summed E-state index contributed by atoms with van der Waals surface area (Å²) >= 11 is 1.50. The molecule has 3 aromatic heterocycles. The lowest BCUT2D eigenvalue weighted by Crippen LogP contribution is -2.19. The SMILES string of the molecule is CCN(c1cc(C(N)=O)ccn1)c1nc(-c2ccccn2)cs1. The van der Waals surface area contributed by atoms with Crippen molar-refractivity contribution < 1.29 is 4.79 Å². The minimum atomic E-state index is -0.474. The van der Waals surface area contributed by atoms with Crippen LogP contribution in [0.1, 0.15) is 17.3 Å². The quantitative estimate of drug-likeness (QED) is 0.779. The molecule has 3 aromatic rings. The highest BCUT2D eigenvalue weighted by Crippen LogP contribution is 2.30. The third kappa shape index (κ3) is 3.19. The molecule has 3 heterocycles. The van der Waals surface area contributed by atoms with E-state index in [0.29, 0.717) is 17.9 Å². The van der Waals surface area contributed by atoms with Crippen LogP contribution in [0.4, 0.5) is 10.9 Å². The second-order valence-electron chi connectivity index (χ2n) is 4.74. The Balaban J connectivity index is 1.94. The van der Waals surface area contributed by atoms with Gasteiger partial charge in [-0.2, -0.15) is 0 Å². The van der Waals surface area contributed by atoms with Gasteiger partial charge in [-0.3, -0.25) is 9.78 Å². The number of hydrogen-bond acceptors (Lipinski definition) is 6. The van der Waals surface area contributed by atoms with Crippen LogP contribution in [0.15, 0.2) is 48.1 Å². The van der Waals surface area contributed by atoms with Crippen molar-refractivity contribution in [3.8, 4) is 11.4 Å². The number of anilines is 2. The maximum absolute atomic E-state index is 11.3. The van der Waals surface area contributed by atoms with Crippen LogP contribution < -0.4 is 10.6 Å². The Bertz CT molecular complexity index is 818. The van der Waals surface area contributed by atoms with Crippen molar-refractivity contribution in [2.24, 2.45) is 5.73 Å². The molecule has 0 fully saturated rings. The molecular weight excluding hydrogens is 310 g/mol. The van der Waals surface area contributed by atoms with Gasteiger partial charge in [-0.15, -0.1) is 11.3 Å². The number of nitrogens with zero attached hydrogens (tertiary/aromatic N) is 4. The molecule has 3 rings (SSSR count). The number of hydrogen-bond donors (Lipinski definition) is 1. The number of nitrogens with two attached hydrogens (primary N) is 1. The molecule has 0 aliphatic carbocycles. The highest BCUT2D eigenvalue weighted by atomic mass is 32.1. The van der Waals surface area contributed by atoms with Crippen LogP contribution in [0.2, 0.25) is 0 Å². The fourth-order valence-corrected chi connectivity index (χ4v) is 3.03. The summed E-state index contributed by atoms with van der Waals surface area (Å²) in [6.07, 6.45) is 3.31. The Labute approximate surface area is 137 Å². The molecule has 0 atom stereocenters. The van der Waals surface area contributed by atoms with E-state index in [0.717, 1.165) is 16.5 Å².